The zero-order valence-corrected chi connectivity index (χ0v) is 9.72. The van der Waals surface area contributed by atoms with Crippen LogP contribution >= 0.6 is 0 Å². The predicted molar refractivity (Wildman–Crippen MR) is 54.2 cm³/mol. The Morgan fingerprint density at radius 2 is 1.73 bits per heavy atom. The van der Waals surface area contributed by atoms with Crippen molar-refractivity contribution in [3.05, 3.63) is 0 Å². The van der Waals surface area contributed by atoms with Gasteiger partial charge in [0.05, 0.1) is 4.75 Å². The van der Waals surface area contributed by atoms with E-state index in [9.17, 15) is 18.0 Å². The van der Waals surface area contributed by atoms with Crippen molar-refractivity contribution in [1.82, 2.24) is 5.32 Å². The first-order valence-corrected chi connectivity index (χ1v) is 5.92. The van der Waals surface area contributed by atoms with Crippen molar-refractivity contribution in [3.63, 3.8) is 0 Å². The Morgan fingerprint density at radius 3 is 2.07 bits per heavy atom. The summed E-state index contributed by atoms with van der Waals surface area (Å²) in [5.41, 5.74) is 0. The van der Waals surface area contributed by atoms with Gasteiger partial charge in [-0.15, -0.1) is 0 Å². The molecule has 0 bridgehead atoms. The van der Waals surface area contributed by atoms with Crippen LogP contribution in [0.25, 0.3) is 0 Å². The Balaban J connectivity index is 4.37. The second kappa shape index (κ2) is 4.61. The minimum Gasteiger partial charge on any atom is -0.480 e. The first-order valence-electron chi connectivity index (χ1n) is 4.27. The number of hydrogen-bond acceptors (Lipinski definition) is 4. The van der Waals surface area contributed by atoms with Crippen molar-refractivity contribution >= 4 is 21.7 Å². The van der Waals surface area contributed by atoms with E-state index in [-0.39, 0.29) is 0 Å². The molecule has 0 heterocycles. The number of carboxylic acids is 1. The second-order valence-corrected chi connectivity index (χ2v) is 6.78. The first kappa shape index (κ1) is 13.9. The average molecular weight is 237 g/mol. The molecule has 88 valence electrons. The van der Waals surface area contributed by atoms with E-state index in [4.69, 9.17) is 5.11 Å². The maximum Gasteiger partial charge on any atom is 0.322 e. The zero-order valence-electron chi connectivity index (χ0n) is 8.90. The lowest BCUT2D eigenvalue weighted by molar-refractivity contribution is -0.137. The lowest BCUT2D eigenvalue weighted by Gasteiger charge is -2.18. The second-order valence-electron chi connectivity index (χ2n) is 4.04. The molecule has 0 aliphatic rings. The Labute approximate surface area is 88.6 Å². The summed E-state index contributed by atoms with van der Waals surface area (Å²) in [6.07, 6.45) is 0. The summed E-state index contributed by atoms with van der Waals surface area (Å²) >= 11 is 0. The lowest BCUT2D eigenvalue weighted by atomic mass is 10.3. The molecule has 1 amide bonds. The summed E-state index contributed by atoms with van der Waals surface area (Å²) in [6.45, 7) is 3.87. The summed E-state index contributed by atoms with van der Waals surface area (Å²) < 4.78 is 22.0. The molecule has 0 aliphatic carbocycles. The minimum atomic E-state index is -3.55. The van der Waals surface area contributed by atoms with Crippen LogP contribution in [0.5, 0.6) is 0 Å². The van der Waals surface area contributed by atoms with Gasteiger partial charge in [-0.25, -0.2) is 8.42 Å². The molecule has 0 aliphatic heterocycles. The molecule has 0 fully saturated rings. The van der Waals surface area contributed by atoms with Gasteiger partial charge in [0.1, 0.15) is 12.3 Å². The maximum atomic E-state index is 11.5. The zero-order chi connectivity index (χ0) is 12.3. The molecular weight excluding hydrogens is 222 g/mol. The van der Waals surface area contributed by atoms with Gasteiger partial charge in [0.15, 0.2) is 9.84 Å². The van der Waals surface area contributed by atoms with Crippen molar-refractivity contribution in [1.29, 1.82) is 0 Å². The van der Waals surface area contributed by atoms with E-state index in [2.05, 4.69) is 0 Å². The topological polar surface area (TPSA) is 101 Å². The maximum absolute atomic E-state index is 11.5. The molecule has 0 aromatic rings. The number of aliphatic carboxylic acids is 1. The Hall–Kier alpha value is -1.11. The number of amides is 1. The summed E-state index contributed by atoms with van der Waals surface area (Å²) in [4.78, 5) is 21.2. The number of hydrogen-bond donors (Lipinski definition) is 2. The molecule has 0 radical (unpaired) electrons. The third-order valence-corrected chi connectivity index (χ3v) is 4.20. The number of nitrogens with one attached hydrogen (secondary N) is 1. The minimum absolute atomic E-state index is 0.571. The molecule has 0 unspecified atom stereocenters. The number of sulfone groups is 1. The molecule has 7 heteroatoms. The van der Waals surface area contributed by atoms with Crippen LogP contribution in [0.2, 0.25) is 0 Å². The molecule has 0 saturated heterocycles. The fraction of sp³-hybridized carbons (Fsp3) is 0.750. The Kier molecular flexibility index (Phi) is 4.27. The van der Waals surface area contributed by atoms with Crippen molar-refractivity contribution in [2.75, 3.05) is 12.3 Å². The van der Waals surface area contributed by atoms with Gasteiger partial charge < -0.3 is 10.4 Å². The van der Waals surface area contributed by atoms with Crippen LogP contribution in [0.1, 0.15) is 20.8 Å². The molecule has 2 N–H and O–H groups in total. The van der Waals surface area contributed by atoms with E-state index in [1.54, 1.807) is 0 Å². The first-order chi connectivity index (χ1) is 6.56. The highest BCUT2D eigenvalue weighted by Crippen LogP contribution is 2.15. The van der Waals surface area contributed by atoms with E-state index < -0.39 is 38.8 Å². The van der Waals surface area contributed by atoms with Crippen molar-refractivity contribution in [2.45, 2.75) is 25.5 Å². The van der Waals surface area contributed by atoms with E-state index in [1.165, 1.54) is 20.8 Å². The van der Waals surface area contributed by atoms with Crippen LogP contribution in [0.3, 0.4) is 0 Å². The largest absolute Gasteiger partial charge is 0.480 e. The van der Waals surface area contributed by atoms with Crippen molar-refractivity contribution in [3.8, 4) is 0 Å². The van der Waals surface area contributed by atoms with Crippen molar-refractivity contribution < 1.29 is 23.1 Å². The quantitative estimate of drug-likeness (QED) is 0.680. The highest BCUT2D eigenvalue weighted by Gasteiger charge is 2.31. The molecule has 15 heavy (non-hydrogen) atoms. The van der Waals surface area contributed by atoms with E-state index in [0.717, 1.165) is 0 Å². The van der Waals surface area contributed by atoms with Crippen LogP contribution in [0, 0.1) is 0 Å². The molecule has 6 nitrogen and oxygen atoms in total. The predicted octanol–water partition coefficient (Wildman–Crippen LogP) is -0.599. The van der Waals surface area contributed by atoms with Crippen LogP contribution < -0.4 is 5.32 Å². The summed E-state index contributed by atoms with van der Waals surface area (Å²) in [6, 6.07) is 0. The number of carbonyl (C=O) groups is 2. The number of rotatable bonds is 4. The van der Waals surface area contributed by atoms with Crippen LogP contribution in [0.4, 0.5) is 0 Å². The van der Waals surface area contributed by atoms with Crippen molar-refractivity contribution in [2.24, 2.45) is 0 Å². The third kappa shape index (κ3) is 4.78. The highest BCUT2D eigenvalue weighted by atomic mass is 32.2. The fourth-order valence-electron chi connectivity index (χ4n) is 0.614. The molecule has 0 atom stereocenters. The molecular formula is C8H15NO5S. The van der Waals surface area contributed by atoms with E-state index >= 15 is 0 Å². The van der Waals surface area contributed by atoms with Gasteiger partial charge in [0, 0.05) is 0 Å². The average Bonchev–Trinajstić information content (AvgIpc) is 1.97. The van der Waals surface area contributed by atoms with E-state index in [1.807, 2.05) is 5.32 Å². The summed E-state index contributed by atoms with van der Waals surface area (Å²) in [5.74, 6) is -2.70. The normalized spacial score (nSPS) is 12.2. The van der Waals surface area contributed by atoms with Gasteiger partial charge >= 0.3 is 5.97 Å². The van der Waals surface area contributed by atoms with Crippen LogP contribution in [-0.4, -0.2) is 42.4 Å². The van der Waals surface area contributed by atoms with Gasteiger partial charge in [0.2, 0.25) is 5.91 Å². The Bertz CT molecular complexity index is 352. The monoisotopic (exact) mass is 237 g/mol. The highest BCUT2D eigenvalue weighted by molar-refractivity contribution is 7.93. The summed E-state index contributed by atoms with van der Waals surface area (Å²) in [5, 5.41) is 10.2. The van der Waals surface area contributed by atoms with E-state index in [0.29, 0.717) is 0 Å². The smallest absolute Gasteiger partial charge is 0.322 e. The van der Waals surface area contributed by atoms with Gasteiger partial charge in [-0.3, -0.25) is 9.59 Å². The molecule has 0 spiro atoms. The SMILES string of the molecule is CC(C)(C)S(=O)(=O)CC(=O)NCC(=O)O. The van der Waals surface area contributed by atoms with Crippen LogP contribution in [-0.2, 0) is 19.4 Å². The number of carbonyl (C=O) groups excluding carboxylic acids is 1. The fourth-order valence-corrected chi connectivity index (χ4v) is 1.49. The lowest BCUT2D eigenvalue weighted by Crippen LogP contribution is -2.39. The molecule has 0 aromatic heterocycles. The standard InChI is InChI=1S/C8H15NO5S/c1-8(2,3)15(13,14)5-6(10)9-4-7(11)12/h4-5H2,1-3H3,(H,9,10)(H,11,12). The van der Waals surface area contributed by atoms with Gasteiger partial charge in [0.25, 0.3) is 0 Å². The Morgan fingerprint density at radius 1 is 1.27 bits per heavy atom. The molecule has 0 rings (SSSR count). The molecule has 0 saturated carbocycles. The molecule has 0 aromatic carbocycles. The third-order valence-electron chi connectivity index (χ3n) is 1.69. The van der Waals surface area contributed by atoms with Gasteiger partial charge in [-0.2, -0.15) is 0 Å². The summed E-state index contributed by atoms with van der Waals surface area (Å²) in [7, 11) is -3.55. The van der Waals surface area contributed by atoms with Crippen LogP contribution in [0.15, 0.2) is 0 Å². The number of carboxylic acid groups (broad SMARTS) is 1. The van der Waals surface area contributed by atoms with Gasteiger partial charge in [-0.05, 0) is 20.8 Å². The van der Waals surface area contributed by atoms with Gasteiger partial charge in [-0.1, -0.05) is 0 Å².